The van der Waals surface area contributed by atoms with Crippen molar-refractivity contribution < 1.29 is 4.79 Å². The Balaban J connectivity index is 2.71. The molecule has 2 amide bonds. The average molecular weight is 206 g/mol. The number of nitrogens with zero attached hydrogens (tertiary/aromatic N) is 2. The Kier molecular flexibility index (Phi) is 3.72. The second kappa shape index (κ2) is 4.82. The molecule has 3 nitrogen and oxygen atoms in total. The molecule has 0 atom stereocenters. The monoisotopic (exact) mass is 206 g/mol. The van der Waals surface area contributed by atoms with E-state index in [1.165, 1.54) is 11.1 Å². The quantitative estimate of drug-likeness (QED) is 0.727. The maximum atomic E-state index is 11.6. The van der Waals surface area contributed by atoms with Gasteiger partial charge >= 0.3 is 6.03 Å². The Morgan fingerprint density at radius 2 is 1.80 bits per heavy atom. The molecular formula is C12H18N2O. The molecule has 0 aromatic heterocycles. The number of carbonyl (C=O) groups excluding carboxylic acids is 1. The third-order valence-electron chi connectivity index (χ3n) is 2.38. The van der Waals surface area contributed by atoms with Gasteiger partial charge in [0.05, 0.1) is 0 Å². The van der Waals surface area contributed by atoms with Gasteiger partial charge in [-0.05, 0) is 18.1 Å². The fourth-order valence-corrected chi connectivity index (χ4v) is 1.45. The molecule has 0 aliphatic carbocycles. The molecule has 0 aliphatic rings. The molecule has 0 N–H and O–H groups in total. The number of rotatable bonds is 2. The van der Waals surface area contributed by atoms with E-state index in [0.29, 0.717) is 6.54 Å². The Hall–Kier alpha value is -1.51. The fourth-order valence-electron chi connectivity index (χ4n) is 1.45. The summed E-state index contributed by atoms with van der Waals surface area (Å²) in [5.41, 5.74) is 2.41. The highest BCUT2D eigenvalue weighted by Crippen LogP contribution is 2.09. The molecule has 1 rings (SSSR count). The largest absolute Gasteiger partial charge is 0.331 e. The number of carbonyl (C=O) groups is 1. The molecule has 0 saturated carbocycles. The van der Waals surface area contributed by atoms with Crippen molar-refractivity contribution in [1.82, 2.24) is 9.80 Å². The van der Waals surface area contributed by atoms with E-state index in [0.717, 1.165) is 0 Å². The summed E-state index contributed by atoms with van der Waals surface area (Å²) in [5.74, 6) is 0. The van der Waals surface area contributed by atoms with Crippen LogP contribution in [0.15, 0.2) is 24.3 Å². The lowest BCUT2D eigenvalue weighted by Gasteiger charge is -2.22. The molecule has 3 heteroatoms. The Labute approximate surface area is 91.3 Å². The third-order valence-corrected chi connectivity index (χ3v) is 2.38. The van der Waals surface area contributed by atoms with Crippen LogP contribution in [0.1, 0.15) is 11.1 Å². The van der Waals surface area contributed by atoms with E-state index < -0.39 is 0 Å². The number of hydrogen-bond acceptors (Lipinski definition) is 1. The Morgan fingerprint density at radius 1 is 1.20 bits per heavy atom. The van der Waals surface area contributed by atoms with Gasteiger partial charge in [0.25, 0.3) is 0 Å². The Morgan fingerprint density at radius 3 is 2.33 bits per heavy atom. The summed E-state index contributed by atoms with van der Waals surface area (Å²) < 4.78 is 0. The summed E-state index contributed by atoms with van der Waals surface area (Å²) in [5, 5.41) is 0. The zero-order valence-corrected chi connectivity index (χ0v) is 9.82. The van der Waals surface area contributed by atoms with Crippen LogP contribution in [0.5, 0.6) is 0 Å². The smallest absolute Gasteiger partial charge is 0.319 e. The van der Waals surface area contributed by atoms with Crippen molar-refractivity contribution in [3.05, 3.63) is 35.4 Å². The summed E-state index contributed by atoms with van der Waals surface area (Å²) in [4.78, 5) is 14.9. The van der Waals surface area contributed by atoms with Crippen molar-refractivity contribution >= 4 is 6.03 Å². The summed E-state index contributed by atoms with van der Waals surface area (Å²) in [6.45, 7) is 2.72. The number of aryl methyl sites for hydroxylation is 1. The van der Waals surface area contributed by atoms with E-state index in [1.807, 2.05) is 19.2 Å². The Bertz CT molecular complexity index is 347. The predicted molar refractivity (Wildman–Crippen MR) is 61.7 cm³/mol. The van der Waals surface area contributed by atoms with Gasteiger partial charge in [0.2, 0.25) is 0 Å². The van der Waals surface area contributed by atoms with Gasteiger partial charge in [-0.3, -0.25) is 0 Å². The molecule has 1 aromatic carbocycles. The standard InChI is InChI=1S/C12H18N2O/c1-10-7-5-6-8-11(10)9-14(4)12(15)13(2)3/h5-8H,9H2,1-4H3. The van der Waals surface area contributed by atoms with E-state index >= 15 is 0 Å². The second-order valence-corrected chi connectivity index (χ2v) is 3.96. The molecular weight excluding hydrogens is 188 g/mol. The topological polar surface area (TPSA) is 23.6 Å². The predicted octanol–water partition coefficient (Wildman–Crippen LogP) is 2.11. The van der Waals surface area contributed by atoms with Crippen molar-refractivity contribution in [2.45, 2.75) is 13.5 Å². The third kappa shape index (κ3) is 2.98. The highest BCUT2D eigenvalue weighted by Gasteiger charge is 2.11. The van der Waals surface area contributed by atoms with Gasteiger partial charge in [0, 0.05) is 27.7 Å². The minimum Gasteiger partial charge on any atom is -0.331 e. The first-order chi connectivity index (χ1) is 7.02. The first kappa shape index (κ1) is 11.6. The van der Waals surface area contributed by atoms with Crippen molar-refractivity contribution in [3.63, 3.8) is 0 Å². The first-order valence-electron chi connectivity index (χ1n) is 4.99. The maximum Gasteiger partial charge on any atom is 0.319 e. The zero-order chi connectivity index (χ0) is 11.4. The minimum absolute atomic E-state index is 0.0262. The minimum atomic E-state index is 0.0262. The van der Waals surface area contributed by atoms with Crippen LogP contribution in [-0.2, 0) is 6.54 Å². The number of urea groups is 1. The maximum absolute atomic E-state index is 11.6. The molecule has 82 valence electrons. The van der Waals surface area contributed by atoms with Crippen LogP contribution < -0.4 is 0 Å². The van der Waals surface area contributed by atoms with Crippen LogP contribution in [0.4, 0.5) is 4.79 Å². The van der Waals surface area contributed by atoms with Crippen molar-refractivity contribution in [2.24, 2.45) is 0 Å². The molecule has 0 bridgehead atoms. The molecule has 0 fully saturated rings. The average Bonchev–Trinajstić information content (AvgIpc) is 2.20. The lowest BCUT2D eigenvalue weighted by Crippen LogP contribution is -2.35. The van der Waals surface area contributed by atoms with Crippen molar-refractivity contribution in [2.75, 3.05) is 21.1 Å². The zero-order valence-electron chi connectivity index (χ0n) is 9.82. The highest BCUT2D eigenvalue weighted by molar-refractivity contribution is 5.73. The van der Waals surface area contributed by atoms with E-state index in [1.54, 1.807) is 23.9 Å². The van der Waals surface area contributed by atoms with Gasteiger partial charge < -0.3 is 9.80 Å². The number of amides is 2. The molecule has 0 spiro atoms. The lowest BCUT2D eigenvalue weighted by atomic mass is 10.1. The van der Waals surface area contributed by atoms with Gasteiger partial charge in [0.15, 0.2) is 0 Å². The summed E-state index contributed by atoms with van der Waals surface area (Å²) in [7, 11) is 5.34. The summed E-state index contributed by atoms with van der Waals surface area (Å²) in [6.07, 6.45) is 0. The van der Waals surface area contributed by atoms with Gasteiger partial charge in [-0.15, -0.1) is 0 Å². The molecule has 0 aliphatic heterocycles. The summed E-state index contributed by atoms with van der Waals surface area (Å²) in [6, 6.07) is 8.14. The van der Waals surface area contributed by atoms with Crippen LogP contribution in [0.3, 0.4) is 0 Å². The van der Waals surface area contributed by atoms with Gasteiger partial charge in [-0.1, -0.05) is 24.3 Å². The first-order valence-corrected chi connectivity index (χ1v) is 4.99. The van der Waals surface area contributed by atoms with E-state index in [-0.39, 0.29) is 6.03 Å². The molecule has 15 heavy (non-hydrogen) atoms. The van der Waals surface area contributed by atoms with Crippen molar-refractivity contribution in [1.29, 1.82) is 0 Å². The fraction of sp³-hybridized carbons (Fsp3) is 0.417. The second-order valence-electron chi connectivity index (χ2n) is 3.96. The SMILES string of the molecule is Cc1ccccc1CN(C)C(=O)N(C)C. The number of benzene rings is 1. The highest BCUT2D eigenvalue weighted by atomic mass is 16.2. The van der Waals surface area contributed by atoms with Crippen LogP contribution in [0.2, 0.25) is 0 Å². The van der Waals surface area contributed by atoms with Crippen LogP contribution in [-0.4, -0.2) is 37.0 Å². The van der Waals surface area contributed by atoms with E-state index in [4.69, 9.17) is 0 Å². The van der Waals surface area contributed by atoms with Crippen molar-refractivity contribution in [3.8, 4) is 0 Å². The molecule has 0 heterocycles. The van der Waals surface area contributed by atoms with E-state index in [2.05, 4.69) is 19.1 Å². The molecule has 0 saturated heterocycles. The molecule has 0 unspecified atom stereocenters. The lowest BCUT2D eigenvalue weighted by molar-refractivity contribution is 0.180. The summed E-state index contributed by atoms with van der Waals surface area (Å²) >= 11 is 0. The number of hydrogen-bond donors (Lipinski definition) is 0. The van der Waals surface area contributed by atoms with Gasteiger partial charge in [-0.2, -0.15) is 0 Å². The normalized spacial score (nSPS) is 9.87. The molecule has 0 radical (unpaired) electrons. The van der Waals surface area contributed by atoms with Crippen LogP contribution in [0.25, 0.3) is 0 Å². The van der Waals surface area contributed by atoms with Gasteiger partial charge in [0.1, 0.15) is 0 Å². The van der Waals surface area contributed by atoms with E-state index in [9.17, 15) is 4.79 Å². The van der Waals surface area contributed by atoms with Crippen LogP contribution in [0, 0.1) is 6.92 Å². The molecule has 1 aromatic rings. The van der Waals surface area contributed by atoms with Gasteiger partial charge in [-0.25, -0.2) is 4.79 Å². The van der Waals surface area contributed by atoms with Crippen LogP contribution >= 0.6 is 0 Å².